The molecular weight excluding hydrogens is 262 g/mol. The van der Waals surface area contributed by atoms with Crippen LogP contribution in [0.1, 0.15) is 44.6 Å². The Labute approximate surface area is 126 Å². The van der Waals surface area contributed by atoms with E-state index in [0.29, 0.717) is 6.54 Å². The van der Waals surface area contributed by atoms with E-state index < -0.39 is 5.60 Å². The zero-order chi connectivity index (χ0) is 14.7. The maximum absolute atomic E-state index is 10.6. The summed E-state index contributed by atoms with van der Waals surface area (Å²) in [5.41, 5.74) is 1.79. The minimum atomic E-state index is -0.519. The molecule has 1 saturated carbocycles. The third-order valence-electron chi connectivity index (χ3n) is 4.89. The van der Waals surface area contributed by atoms with Gasteiger partial charge in [0.1, 0.15) is 0 Å². The Morgan fingerprint density at radius 1 is 1.38 bits per heavy atom. The van der Waals surface area contributed by atoms with Gasteiger partial charge in [-0.3, -0.25) is 0 Å². The molecule has 0 spiro atoms. The second-order valence-electron chi connectivity index (χ2n) is 6.38. The highest BCUT2D eigenvalue weighted by molar-refractivity contribution is 5.53. The molecule has 0 saturated heterocycles. The summed E-state index contributed by atoms with van der Waals surface area (Å²) >= 11 is 0. The molecule has 0 atom stereocenters. The van der Waals surface area contributed by atoms with E-state index >= 15 is 0 Å². The molecule has 4 nitrogen and oxygen atoms in total. The van der Waals surface area contributed by atoms with Crippen LogP contribution >= 0.6 is 0 Å². The van der Waals surface area contributed by atoms with Crippen LogP contribution in [0.3, 0.4) is 0 Å². The van der Waals surface area contributed by atoms with Gasteiger partial charge in [0.15, 0.2) is 0 Å². The number of nitrogens with zero attached hydrogens (tertiary/aromatic N) is 2. The molecule has 0 unspecified atom stereocenters. The Kier molecular flexibility index (Phi) is 4.27. The van der Waals surface area contributed by atoms with Crippen LogP contribution in [0.15, 0.2) is 30.6 Å². The van der Waals surface area contributed by atoms with Crippen LogP contribution in [0.5, 0.6) is 0 Å². The van der Waals surface area contributed by atoms with Gasteiger partial charge in [0.25, 0.3) is 0 Å². The van der Waals surface area contributed by atoms with Crippen LogP contribution in [-0.4, -0.2) is 26.9 Å². The predicted octanol–water partition coefficient (Wildman–Crippen LogP) is 2.76. The van der Waals surface area contributed by atoms with Crippen LogP contribution in [0.2, 0.25) is 0 Å². The summed E-state index contributed by atoms with van der Waals surface area (Å²) in [5.74, 6) is 0.810. The first-order valence-corrected chi connectivity index (χ1v) is 8.04. The molecule has 1 fully saturated rings. The van der Waals surface area contributed by atoms with E-state index in [1.165, 1.54) is 12.0 Å². The Hall–Kier alpha value is -1.39. The van der Waals surface area contributed by atoms with Gasteiger partial charge in [0, 0.05) is 24.8 Å². The fourth-order valence-corrected chi connectivity index (χ4v) is 3.35. The van der Waals surface area contributed by atoms with Crippen molar-refractivity contribution in [3.05, 3.63) is 36.2 Å². The van der Waals surface area contributed by atoms with Gasteiger partial charge in [-0.25, -0.2) is 4.52 Å². The minimum absolute atomic E-state index is 0.519. The molecule has 0 radical (unpaired) electrons. The summed E-state index contributed by atoms with van der Waals surface area (Å²) in [5, 5.41) is 18.4. The summed E-state index contributed by atoms with van der Waals surface area (Å²) < 4.78 is 1.89. The van der Waals surface area contributed by atoms with E-state index in [0.717, 1.165) is 43.7 Å². The number of nitrogens with one attached hydrogen (secondary N) is 1. The Morgan fingerprint density at radius 3 is 2.95 bits per heavy atom. The number of pyridine rings is 1. The standard InChI is InChI=1S/C17H25N3O/c1-2-14-6-8-17(21,9-7-14)13-18-11-15-12-19-20-10-4-3-5-16(15)20/h3-5,10,12,14,18,21H,2,6-9,11,13H2,1H3. The van der Waals surface area contributed by atoms with Gasteiger partial charge in [0.2, 0.25) is 0 Å². The van der Waals surface area contributed by atoms with Gasteiger partial charge in [-0.1, -0.05) is 19.4 Å². The second kappa shape index (κ2) is 6.16. The average Bonchev–Trinajstić information content (AvgIpc) is 2.92. The molecule has 21 heavy (non-hydrogen) atoms. The van der Waals surface area contributed by atoms with E-state index in [2.05, 4.69) is 23.4 Å². The molecular formula is C17H25N3O. The lowest BCUT2D eigenvalue weighted by Gasteiger charge is -2.36. The number of rotatable bonds is 5. The number of fused-ring (bicyclic) bond motifs is 1. The molecule has 114 valence electrons. The highest BCUT2D eigenvalue weighted by Gasteiger charge is 2.32. The quantitative estimate of drug-likeness (QED) is 0.889. The lowest BCUT2D eigenvalue weighted by atomic mass is 9.78. The molecule has 2 heterocycles. The molecule has 2 aromatic rings. The van der Waals surface area contributed by atoms with Crippen molar-refractivity contribution in [1.82, 2.24) is 14.9 Å². The number of hydrogen-bond acceptors (Lipinski definition) is 3. The van der Waals surface area contributed by atoms with Crippen LogP contribution < -0.4 is 5.32 Å². The maximum Gasteiger partial charge on any atom is 0.0771 e. The molecule has 2 aromatic heterocycles. The summed E-state index contributed by atoms with van der Waals surface area (Å²) in [6.07, 6.45) is 9.27. The number of aromatic nitrogens is 2. The number of aliphatic hydroxyl groups is 1. The van der Waals surface area contributed by atoms with Crippen molar-refractivity contribution in [3.63, 3.8) is 0 Å². The van der Waals surface area contributed by atoms with Crippen molar-refractivity contribution in [2.45, 2.75) is 51.2 Å². The third-order valence-corrected chi connectivity index (χ3v) is 4.89. The topological polar surface area (TPSA) is 49.6 Å². The molecule has 0 aromatic carbocycles. The molecule has 1 aliphatic rings. The SMILES string of the molecule is CCC1CCC(O)(CNCc2cnn3ccccc23)CC1. The summed E-state index contributed by atoms with van der Waals surface area (Å²) in [6, 6.07) is 6.08. The van der Waals surface area contributed by atoms with Crippen LogP contribution in [0.25, 0.3) is 5.52 Å². The molecule has 4 heteroatoms. The smallest absolute Gasteiger partial charge is 0.0771 e. The van der Waals surface area contributed by atoms with Gasteiger partial charge in [-0.05, 0) is 43.7 Å². The molecule has 1 aliphatic carbocycles. The first-order valence-electron chi connectivity index (χ1n) is 8.04. The van der Waals surface area contributed by atoms with Crippen molar-refractivity contribution < 1.29 is 5.11 Å². The van der Waals surface area contributed by atoms with E-state index in [4.69, 9.17) is 0 Å². The first kappa shape index (κ1) is 14.5. The van der Waals surface area contributed by atoms with E-state index in [-0.39, 0.29) is 0 Å². The molecule has 0 aliphatic heterocycles. The van der Waals surface area contributed by atoms with Crippen molar-refractivity contribution in [2.24, 2.45) is 5.92 Å². The highest BCUT2D eigenvalue weighted by Crippen LogP contribution is 2.33. The lowest BCUT2D eigenvalue weighted by Crippen LogP contribution is -2.43. The largest absolute Gasteiger partial charge is 0.389 e. The van der Waals surface area contributed by atoms with Crippen LogP contribution in [0, 0.1) is 5.92 Å². The average molecular weight is 287 g/mol. The van der Waals surface area contributed by atoms with E-state index in [9.17, 15) is 5.11 Å². The minimum Gasteiger partial charge on any atom is -0.389 e. The number of hydrogen-bond donors (Lipinski definition) is 2. The monoisotopic (exact) mass is 287 g/mol. The maximum atomic E-state index is 10.6. The second-order valence-corrected chi connectivity index (χ2v) is 6.38. The van der Waals surface area contributed by atoms with Crippen molar-refractivity contribution in [2.75, 3.05) is 6.54 Å². The third kappa shape index (κ3) is 3.27. The fourth-order valence-electron chi connectivity index (χ4n) is 3.35. The van der Waals surface area contributed by atoms with Gasteiger partial charge in [-0.15, -0.1) is 0 Å². The molecule has 0 bridgehead atoms. The zero-order valence-corrected chi connectivity index (χ0v) is 12.8. The Bertz CT molecular complexity index is 584. The zero-order valence-electron chi connectivity index (χ0n) is 12.8. The van der Waals surface area contributed by atoms with Crippen molar-refractivity contribution in [1.29, 1.82) is 0 Å². The van der Waals surface area contributed by atoms with E-state index in [1.807, 2.05) is 29.0 Å². The normalized spacial score (nSPS) is 26.3. The highest BCUT2D eigenvalue weighted by atomic mass is 16.3. The van der Waals surface area contributed by atoms with Crippen molar-refractivity contribution in [3.8, 4) is 0 Å². The molecule has 0 amide bonds. The van der Waals surface area contributed by atoms with Gasteiger partial charge in [0.05, 0.1) is 17.3 Å². The fraction of sp³-hybridized carbons (Fsp3) is 0.588. The lowest BCUT2D eigenvalue weighted by molar-refractivity contribution is -0.00879. The van der Waals surface area contributed by atoms with Gasteiger partial charge < -0.3 is 10.4 Å². The van der Waals surface area contributed by atoms with Crippen LogP contribution in [-0.2, 0) is 6.54 Å². The Balaban J connectivity index is 1.54. The van der Waals surface area contributed by atoms with Gasteiger partial charge >= 0.3 is 0 Å². The summed E-state index contributed by atoms with van der Waals surface area (Å²) in [4.78, 5) is 0. The Morgan fingerprint density at radius 2 is 2.19 bits per heavy atom. The molecule has 2 N–H and O–H groups in total. The van der Waals surface area contributed by atoms with Crippen LogP contribution in [0.4, 0.5) is 0 Å². The first-order chi connectivity index (χ1) is 10.2. The predicted molar refractivity (Wildman–Crippen MR) is 84.1 cm³/mol. The summed E-state index contributed by atoms with van der Waals surface area (Å²) in [6.45, 7) is 3.68. The molecule has 3 rings (SSSR count). The summed E-state index contributed by atoms with van der Waals surface area (Å²) in [7, 11) is 0. The van der Waals surface area contributed by atoms with Crippen molar-refractivity contribution >= 4 is 5.52 Å². The van der Waals surface area contributed by atoms with E-state index in [1.54, 1.807) is 0 Å². The van der Waals surface area contributed by atoms with Gasteiger partial charge in [-0.2, -0.15) is 5.10 Å².